The number of rotatable bonds is 4. The zero-order valence-corrected chi connectivity index (χ0v) is 14.7. The number of carbonyl (C=O) groups excluding carboxylic acids is 1. The van der Waals surface area contributed by atoms with Gasteiger partial charge in [-0.05, 0) is 51.1 Å². The third-order valence-corrected chi connectivity index (χ3v) is 4.69. The molecule has 2 rings (SSSR count). The van der Waals surface area contributed by atoms with Crippen LogP contribution in [0.5, 0.6) is 0 Å². The van der Waals surface area contributed by atoms with E-state index in [0.717, 1.165) is 16.0 Å². The lowest BCUT2D eigenvalue weighted by Crippen LogP contribution is -2.22. The van der Waals surface area contributed by atoms with Crippen LogP contribution in [0.3, 0.4) is 0 Å². The minimum atomic E-state index is -0.0438. The summed E-state index contributed by atoms with van der Waals surface area (Å²) in [5.41, 5.74) is 9.46. The van der Waals surface area contributed by atoms with E-state index >= 15 is 0 Å². The number of halogens is 1. The second-order valence-electron chi connectivity index (χ2n) is 5.09. The maximum atomic E-state index is 11.9. The van der Waals surface area contributed by atoms with Gasteiger partial charge in [0.2, 0.25) is 0 Å². The van der Waals surface area contributed by atoms with Gasteiger partial charge in [0.25, 0.3) is 5.91 Å². The maximum Gasteiger partial charge on any atom is 0.253 e. The van der Waals surface area contributed by atoms with Crippen molar-refractivity contribution < 1.29 is 4.79 Å². The molecular formula is C15H18BrN3OS. The van der Waals surface area contributed by atoms with Crippen molar-refractivity contribution in [3.8, 4) is 0 Å². The van der Waals surface area contributed by atoms with Gasteiger partial charge in [0, 0.05) is 33.3 Å². The Morgan fingerprint density at radius 3 is 2.52 bits per heavy atom. The highest BCUT2D eigenvalue weighted by molar-refractivity contribution is 9.11. The predicted molar refractivity (Wildman–Crippen MR) is 93.0 cm³/mol. The summed E-state index contributed by atoms with van der Waals surface area (Å²) in [5.74, 6) is -0.0438. The first-order valence-corrected chi connectivity index (χ1v) is 8.11. The molecule has 0 aliphatic carbocycles. The van der Waals surface area contributed by atoms with E-state index in [-0.39, 0.29) is 5.91 Å². The molecule has 112 valence electrons. The smallest absolute Gasteiger partial charge is 0.253 e. The molecule has 0 atom stereocenters. The van der Waals surface area contributed by atoms with Crippen LogP contribution in [-0.2, 0) is 6.54 Å². The summed E-state index contributed by atoms with van der Waals surface area (Å²) < 4.78 is 1.12. The molecule has 6 heteroatoms. The topological polar surface area (TPSA) is 49.6 Å². The Kier molecular flexibility index (Phi) is 4.90. The molecule has 0 aliphatic rings. The second-order valence-corrected chi connectivity index (χ2v) is 7.38. The number of benzene rings is 1. The van der Waals surface area contributed by atoms with Crippen molar-refractivity contribution in [3.05, 3.63) is 44.6 Å². The van der Waals surface area contributed by atoms with E-state index in [9.17, 15) is 4.79 Å². The number of nitrogens with two attached hydrogens (primary N) is 1. The molecule has 21 heavy (non-hydrogen) atoms. The van der Waals surface area contributed by atoms with Crippen LogP contribution in [0.15, 0.2) is 33.4 Å². The van der Waals surface area contributed by atoms with Gasteiger partial charge in [-0.15, -0.1) is 11.3 Å². The van der Waals surface area contributed by atoms with Crippen molar-refractivity contribution in [2.45, 2.75) is 6.54 Å². The Morgan fingerprint density at radius 2 is 2.00 bits per heavy atom. The lowest BCUT2D eigenvalue weighted by Gasteiger charge is -2.21. The number of nitrogen functional groups attached to an aromatic ring is 1. The summed E-state index contributed by atoms with van der Waals surface area (Å²) in [4.78, 5) is 15.5. The monoisotopic (exact) mass is 367 g/mol. The van der Waals surface area contributed by atoms with Gasteiger partial charge >= 0.3 is 0 Å². The van der Waals surface area contributed by atoms with E-state index in [4.69, 9.17) is 5.73 Å². The van der Waals surface area contributed by atoms with Crippen molar-refractivity contribution in [1.82, 2.24) is 4.90 Å². The fraction of sp³-hybridized carbons (Fsp3) is 0.267. The van der Waals surface area contributed by atoms with E-state index in [1.54, 1.807) is 36.4 Å². The first kappa shape index (κ1) is 15.9. The van der Waals surface area contributed by atoms with Gasteiger partial charge < -0.3 is 15.5 Å². The highest BCUT2D eigenvalue weighted by Gasteiger charge is 2.12. The van der Waals surface area contributed by atoms with Crippen LogP contribution >= 0.6 is 27.3 Å². The molecule has 0 radical (unpaired) electrons. The molecule has 1 aromatic carbocycles. The minimum absolute atomic E-state index is 0.0438. The Hall–Kier alpha value is -1.53. The van der Waals surface area contributed by atoms with E-state index < -0.39 is 0 Å². The van der Waals surface area contributed by atoms with Crippen molar-refractivity contribution >= 4 is 44.5 Å². The fourth-order valence-corrected chi connectivity index (χ4v) is 3.28. The van der Waals surface area contributed by atoms with E-state index in [2.05, 4.69) is 32.3 Å². The number of hydrogen-bond donors (Lipinski definition) is 1. The Labute approximate surface area is 137 Å². The zero-order valence-electron chi connectivity index (χ0n) is 12.3. The lowest BCUT2D eigenvalue weighted by atomic mass is 10.1. The van der Waals surface area contributed by atoms with Crippen molar-refractivity contribution in [1.29, 1.82) is 0 Å². The molecule has 0 unspecified atom stereocenters. The van der Waals surface area contributed by atoms with Crippen LogP contribution in [0.1, 0.15) is 15.9 Å². The van der Waals surface area contributed by atoms with E-state index in [1.807, 2.05) is 19.2 Å². The van der Waals surface area contributed by atoms with Crippen LogP contribution in [0, 0.1) is 0 Å². The fourth-order valence-electron chi connectivity index (χ4n) is 2.08. The average Bonchev–Trinajstić information content (AvgIpc) is 2.82. The minimum Gasteiger partial charge on any atom is -0.397 e. The SMILES string of the molecule is CN(C)C(=O)c1ccc(N(C)Cc2csc(Br)c2)c(N)c1. The highest BCUT2D eigenvalue weighted by atomic mass is 79.9. The molecule has 0 aliphatic heterocycles. The molecule has 0 spiro atoms. The first-order chi connectivity index (χ1) is 9.88. The molecule has 0 saturated carbocycles. The lowest BCUT2D eigenvalue weighted by molar-refractivity contribution is 0.0827. The molecule has 1 heterocycles. The maximum absolute atomic E-state index is 11.9. The number of thiophene rings is 1. The van der Waals surface area contributed by atoms with Crippen LogP contribution < -0.4 is 10.6 Å². The highest BCUT2D eigenvalue weighted by Crippen LogP contribution is 2.27. The summed E-state index contributed by atoms with van der Waals surface area (Å²) >= 11 is 5.13. The van der Waals surface area contributed by atoms with Crippen LogP contribution in [0.25, 0.3) is 0 Å². The summed E-state index contributed by atoms with van der Waals surface area (Å²) in [6.45, 7) is 0.771. The molecule has 0 bridgehead atoms. The van der Waals surface area contributed by atoms with Gasteiger partial charge in [-0.2, -0.15) is 0 Å². The number of carbonyl (C=O) groups is 1. The second kappa shape index (κ2) is 6.49. The largest absolute Gasteiger partial charge is 0.397 e. The van der Waals surface area contributed by atoms with Crippen LogP contribution in [0.2, 0.25) is 0 Å². The third kappa shape index (κ3) is 3.77. The molecule has 2 N–H and O–H groups in total. The van der Waals surface area contributed by atoms with Crippen LogP contribution in [0.4, 0.5) is 11.4 Å². The molecular weight excluding hydrogens is 350 g/mol. The zero-order chi connectivity index (χ0) is 15.6. The summed E-state index contributed by atoms with van der Waals surface area (Å²) in [6.07, 6.45) is 0. The number of nitrogens with zero attached hydrogens (tertiary/aromatic N) is 2. The standard InChI is InChI=1S/C15H18BrN3OS/c1-18(2)15(20)11-4-5-13(12(17)7-11)19(3)8-10-6-14(16)21-9-10/h4-7,9H,8,17H2,1-3H3. The third-order valence-electron chi connectivity index (χ3n) is 3.13. The molecule has 2 aromatic rings. The van der Waals surface area contributed by atoms with Gasteiger partial charge in [-0.25, -0.2) is 0 Å². The van der Waals surface area contributed by atoms with Crippen molar-refractivity contribution in [2.24, 2.45) is 0 Å². The van der Waals surface area contributed by atoms with Gasteiger partial charge in [0.05, 0.1) is 15.2 Å². The normalized spacial score (nSPS) is 10.5. The quantitative estimate of drug-likeness (QED) is 0.842. The van der Waals surface area contributed by atoms with E-state index in [0.29, 0.717) is 11.3 Å². The molecule has 1 amide bonds. The molecule has 1 aromatic heterocycles. The average molecular weight is 368 g/mol. The van der Waals surface area contributed by atoms with Crippen molar-refractivity contribution in [2.75, 3.05) is 31.8 Å². The number of amides is 1. The van der Waals surface area contributed by atoms with Gasteiger partial charge in [-0.3, -0.25) is 4.79 Å². The molecule has 4 nitrogen and oxygen atoms in total. The molecule has 0 fully saturated rings. The van der Waals surface area contributed by atoms with Crippen molar-refractivity contribution in [3.63, 3.8) is 0 Å². The van der Waals surface area contributed by atoms with E-state index in [1.165, 1.54) is 5.56 Å². The number of hydrogen-bond acceptors (Lipinski definition) is 4. The summed E-state index contributed by atoms with van der Waals surface area (Å²) in [5, 5.41) is 2.11. The summed E-state index contributed by atoms with van der Waals surface area (Å²) in [7, 11) is 5.45. The Morgan fingerprint density at radius 1 is 1.29 bits per heavy atom. The Balaban J connectivity index is 2.18. The first-order valence-electron chi connectivity index (χ1n) is 6.43. The number of anilines is 2. The summed E-state index contributed by atoms with van der Waals surface area (Å²) in [6, 6.07) is 7.54. The van der Waals surface area contributed by atoms with Gasteiger partial charge in [-0.1, -0.05) is 0 Å². The Bertz CT molecular complexity index is 654. The molecule has 0 saturated heterocycles. The van der Waals surface area contributed by atoms with Gasteiger partial charge in [0.15, 0.2) is 0 Å². The van der Waals surface area contributed by atoms with Gasteiger partial charge in [0.1, 0.15) is 0 Å². The van der Waals surface area contributed by atoms with Crippen LogP contribution in [-0.4, -0.2) is 32.0 Å². The predicted octanol–water partition coefficient (Wildman–Crippen LogP) is 3.43.